The molecule has 0 spiro atoms. The van der Waals surface area contributed by atoms with Crippen molar-refractivity contribution in [2.75, 3.05) is 0 Å². The number of hydrogen-bond donors (Lipinski definition) is 3. The van der Waals surface area contributed by atoms with Crippen LogP contribution in [0.3, 0.4) is 0 Å². The van der Waals surface area contributed by atoms with Gasteiger partial charge in [-0.1, -0.05) is 6.92 Å². The molecule has 0 aliphatic carbocycles. The first-order valence-corrected chi connectivity index (χ1v) is 5.54. The third-order valence-electron chi connectivity index (χ3n) is 2.54. The van der Waals surface area contributed by atoms with Gasteiger partial charge in [0, 0.05) is 6.04 Å². The van der Waals surface area contributed by atoms with Crippen molar-refractivity contribution >= 4 is 11.9 Å². The number of carboxylic acid groups (broad SMARTS) is 1. The van der Waals surface area contributed by atoms with Gasteiger partial charge in [0.15, 0.2) is 0 Å². The topological polar surface area (TPSA) is 78.4 Å². The van der Waals surface area contributed by atoms with Gasteiger partial charge < -0.3 is 10.4 Å². The van der Waals surface area contributed by atoms with Crippen LogP contribution in [0.4, 0.5) is 0 Å². The molecule has 0 heterocycles. The Kier molecular flexibility index (Phi) is 5.44. The van der Waals surface area contributed by atoms with Gasteiger partial charge in [0.2, 0.25) is 5.91 Å². The first-order chi connectivity index (χ1) is 7.23. The summed E-state index contributed by atoms with van der Waals surface area (Å²) in [4.78, 5) is 22.6. The van der Waals surface area contributed by atoms with Gasteiger partial charge in [-0.05, 0) is 34.1 Å². The molecule has 5 heteroatoms. The minimum absolute atomic E-state index is 0.0504. The Hall–Kier alpha value is -1.10. The Morgan fingerprint density at radius 3 is 2.12 bits per heavy atom. The van der Waals surface area contributed by atoms with E-state index in [1.165, 1.54) is 0 Å². The second-order valence-electron chi connectivity index (χ2n) is 4.52. The van der Waals surface area contributed by atoms with Gasteiger partial charge in [0.05, 0.1) is 6.04 Å². The first-order valence-electron chi connectivity index (χ1n) is 5.54. The second-order valence-corrected chi connectivity index (χ2v) is 4.52. The molecule has 0 saturated heterocycles. The molecule has 0 aromatic heterocycles. The van der Waals surface area contributed by atoms with Crippen LogP contribution in [0.15, 0.2) is 0 Å². The SMILES string of the molecule is CCC(C)(NC(C)C(=O)NC(C)C)C(=O)O. The number of nitrogens with one attached hydrogen (secondary N) is 2. The molecule has 0 aromatic rings. The van der Waals surface area contributed by atoms with E-state index >= 15 is 0 Å². The predicted octanol–water partition coefficient (Wildman–Crippen LogP) is 0.742. The molecular formula is C11H22N2O3. The molecule has 0 aromatic carbocycles. The lowest BCUT2D eigenvalue weighted by Gasteiger charge is -2.28. The first kappa shape index (κ1) is 14.9. The fourth-order valence-electron chi connectivity index (χ4n) is 1.27. The van der Waals surface area contributed by atoms with Crippen LogP contribution in [0.2, 0.25) is 0 Å². The molecule has 0 aliphatic rings. The largest absolute Gasteiger partial charge is 0.480 e. The minimum atomic E-state index is -1.06. The minimum Gasteiger partial charge on any atom is -0.480 e. The lowest BCUT2D eigenvalue weighted by molar-refractivity contribution is -0.145. The van der Waals surface area contributed by atoms with Crippen molar-refractivity contribution in [3.63, 3.8) is 0 Å². The third-order valence-corrected chi connectivity index (χ3v) is 2.54. The second kappa shape index (κ2) is 5.84. The number of aliphatic carboxylic acids is 1. The molecule has 0 saturated carbocycles. The van der Waals surface area contributed by atoms with E-state index in [1.807, 2.05) is 13.8 Å². The molecule has 0 bridgehead atoms. The summed E-state index contributed by atoms with van der Waals surface area (Å²) < 4.78 is 0. The molecule has 2 unspecified atom stereocenters. The summed E-state index contributed by atoms with van der Waals surface area (Å²) in [7, 11) is 0. The molecule has 2 atom stereocenters. The molecule has 0 radical (unpaired) electrons. The van der Waals surface area contributed by atoms with Gasteiger partial charge in [-0.3, -0.25) is 14.9 Å². The number of rotatable bonds is 6. The summed E-state index contributed by atoms with van der Waals surface area (Å²) in [5, 5.41) is 14.6. The smallest absolute Gasteiger partial charge is 0.323 e. The van der Waals surface area contributed by atoms with Crippen molar-refractivity contribution in [3.8, 4) is 0 Å². The zero-order chi connectivity index (χ0) is 12.9. The van der Waals surface area contributed by atoms with Gasteiger partial charge in [-0.15, -0.1) is 0 Å². The van der Waals surface area contributed by atoms with Crippen LogP contribution >= 0.6 is 0 Å². The Balaban J connectivity index is 4.47. The van der Waals surface area contributed by atoms with E-state index in [0.29, 0.717) is 6.42 Å². The average molecular weight is 230 g/mol. The monoisotopic (exact) mass is 230 g/mol. The third kappa shape index (κ3) is 4.18. The fourth-order valence-corrected chi connectivity index (χ4v) is 1.27. The van der Waals surface area contributed by atoms with Crippen LogP contribution in [0.1, 0.15) is 41.0 Å². The van der Waals surface area contributed by atoms with Gasteiger partial charge in [-0.2, -0.15) is 0 Å². The van der Waals surface area contributed by atoms with Gasteiger partial charge in [0.25, 0.3) is 0 Å². The Morgan fingerprint density at radius 1 is 1.31 bits per heavy atom. The number of carboxylic acids is 1. The summed E-state index contributed by atoms with van der Waals surface area (Å²) in [6.45, 7) is 8.74. The lowest BCUT2D eigenvalue weighted by Crippen LogP contribution is -2.57. The van der Waals surface area contributed by atoms with E-state index < -0.39 is 17.6 Å². The molecule has 0 fully saturated rings. The van der Waals surface area contributed by atoms with E-state index in [9.17, 15) is 9.59 Å². The highest BCUT2D eigenvalue weighted by molar-refractivity contribution is 5.84. The molecule has 1 amide bonds. The number of carbonyl (C=O) groups excluding carboxylic acids is 1. The fraction of sp³-hybridized carbons (Fsp3) is 0.818. The van der Waals surface area contributed by atoms with Crippen molar-refractivity contribution in [2.24, 2.45) is 0 Å². The van der Waals surface area contributed by atoms with Crippen molar-refractivity contribution in [1.29, 1.82) is 0 Å². The van der Waals surface area contributed by atoms with Crippen molar-refractivity contribution < 1.29 is 14.7 Å². The van der Waals surface area contributed by atoms with Crippen LogP contribution in [-0.2, 0) is 9.59 Å². The summed E-state index contributed by atoms with van der Waals surface area (Å²) in [5.41, 5.74) is -1.06. The Labute approximate surface area is 96.6 Å². The van der Waals surface area contributed by atoms with E-state index in [4.69, 9.17) is 5.11 Å². The van der Waals surface area contributed by atoms with E-state index in [0.717, 1.165) is 0 Å². The quantitative estimate of drug-likeness (QED) is 0.629. The summed E-state index contributed by atoms with van der Waals surface area (Å²) >= 11 is 0. The van der Waals surface area contributed by atoms with Crippen molar-refractivity contribution in [1.82, 2.24) is 10.6 Å². The van der Waals surface area contributed by atoms with Gasteiger partial charge in [-0.25, -0.2) is 0 Å². The Bertz CT molecular complexity index is 266. The molecule has 0 rings (SSSR count). The van der Waals surface area contributed by atoms with Gasteiger partial charge in [0.1, 0.15) is 5.54 Å². The van der Waals surface area contributed by atoms with Crippen molar-refractivity contribution in [3.05, 3.63) is 0 Å². The highest BCUT2D eigenvalue weighted by Crippen LogP contribution is 2.10. The normalized spacial score (nSPS) is 16.6. The van der Waals surface area contributed by atoms with E-state index in [-0.39, 0.29) is 11.9 Å². The predicted molar refractivity (Wildman–Crippen MR) is 62.2 cm³/mol. The summed E-state index contributed by atoms with van der Waals surface area (Å²) in [5.74, 6) is -1.13. The molecule has 94 valence electrons. The van der Waals surface area contributed by atoms with E-state index in [2.05, 4.69) is 10.6 Å². The van der Waals surface area contributed by atoms with Crippen molar-refractivity contribution in [2.45, 2.75) is 58.7 Å². The summed E-state index contributed by atoms with van der Waals surface area (Å²) in [6.07, 6.45) is 0.418. The number of hydrogen-bond acceptors (Lipinski definition) is 3. The molecule has 3 N–H and O–H groups in total. The maximum atomic E-state index is 11.6. The molecule has 5 nitrogen and oxygen atoms in total. The zero-order valence-electron chi connectivity index (χ0n) is 10.6. The van der Waals surface area contributed by atoms with Gasteiger partial charge >= 0.3 is 5.97 Å². The van der Waals surface area contributed by atoms with Crippen LogP contribution < -0.4 is 10.6 Å². The standard InChI is InChI=1S/C11H22N2O3/c1-6-11(5,10(15)16)13-8(4)9(14)12-7(2)3/h7-8,13H,6H2,1-5H3,(H,12,14)(H,15,16). The highest BCUT2D eigenvalue weighted by atomic mass is 16.4. The Morgan fingerprint density at radius 2 is 1.81 bits per heavy atom. The van der Waals surface area contributed by atoms with E-state index in [1.54, 1.807) is 20.8 Å². The molecule has 0 aliphatic heterocycles. The number of carbonyl (C=O) groups is 2. The lowest BCUT2D eigenvalue weighted by atomic mass is 9.98. The zero-order valence-corrected chi connectivity index (χ0v) is 10.6. The van der Waals surface area contributed by atoms with Crippen LogP contribution in [0, 0.1) is 0 Å². The highest BCUT2D eigenvalue weighted by Gasteiger charge is 2.33. The van der Waals surface area contributed by atoms with Crippen LogP contribution in [-0.4, -0.2) is 34.6 Å². The van der Waals surface area contributed by atoms with Crippen LogP contribution in [0.5, 0.6) is 0 Å². The molecule has 16 heavy (non-hydrogen) atoms. The van der Waals surface area contributed by atoms with Crippen LogP contribution in [0.25, 0.3) is 0 Å². The average Bonchev–Trinajstić information content (AvgIpc) is 2.16. The maximum Gasteiger partial charge on any atom is 0.323 e. The summed E-state index contributed by atoms with van der Waals surface area (Å²) in [6, 6.07) is -0.474. The number of amides is 1. The maximum absolute atomic E-state index is 11.6. The molecular weight excluding hydrogens is 208 g/mol.